The van der Waals surface area contributed by atoms with Crippen LogP contribution < -0.4 is 15.5 Å². The number of hydrogen-bond acceptors (Lipinski definition) is 7. The van der Waals surface area contributed by atoms with Gasteiger partial charge in [0, 0.05) is 50.7 Å². The molecule has 2 fully saturated rings. The van der Waals surface area contributed by atoms with E-state index >= 15 is 0 Å². The Kier molecular flexibility index (Phi) is 6.21. The van der Waals surface area contributed by atoms with Gasteiger partial charge in [0.2, 0.25) is 0 Å². The Bertz CT molecular complexity index is 797. The van der Waals surface area contributed by atoms with E-state index in [0.29, 0.717) is 12.4 Å². The maximum atomic E-state index is 12.4. The van der Waals surface area contributed by atoms with Crippen LogP contribution in [0.1, 0.15) is 23.3 Å². The number of benzene rings is 1. The third-order valence-electron chi connectivity index (χ3n) is 5.43. The molecular weight excluding hydrogens is 368 g/mol. The van der Waals surface area contributed by atoms with Crippen LogP contribution in [-0.4, -0.2) is 73.5 Å². The van der Waals surface area contributed by atoms with Crippen LogP contribution in [0.4, 0.5) is 17.2 Å². The van der Waals surface area contributed by atoms with Crippen molar-refractivity contribution in [1.29, 1.82) is 0 Å². The maximum absolute atomic E-state index is 12.4. The van der Waals surface area contributed by atoms with E-state index in [1.807, 2.05) is 24.3 Å². The van der Waals surface area contributed by atoms with E-state index in [0.717, 1.165) is 51.3 Å². The number of amides is 1. The number of rotatable bonds is 6. The van der Waals surface area contributed by atoms with Crippen LogP contribution in [0.3, 0.4) is 0 Å². The lowest BCUT2D eigenvalue weighted by atomic mass is 10.2. The predicted molar refractivity (Wildman–Crippen MR) is 114 cm³/mol. The van der Waals surface area contributed by atoms with Crippen molar-refractivity contribution in [1.82, 2.24) is 15.1 Å². The average molecular weight is 396 g/mol. The molecule has 8 nitrogen and oxygen atoms in total. The first-order valence-electron chi connectivity index (χ1n) is 10.2. The van der Waals surface area contributed by atoms with Crippen molar-refractivity contribution >= 4 is 23.1 Å². The van der Waals surface area contributed by atoms with Crippen molar-refractivity contribution in [2.45, 2.75) is 18.9 Å². The summed E-state index contributed by atoms with van der Waals surface area (Å²) in [5.74, 6) is 0.379. The molecule has 1 amide bonds. The summed E-state index contributed by atoms with van der Waals surface area (Å²) in [4.78, 5) is 17.1. The first-order chi connectivity index (χ1) is 14.2. The Morgan fingerprint density at radius 3 is 2.55 bits per heavy atom. The summed E-state index contributed by atoms with van der Waals surface area (Å²) in [5, 5.41) is 14.2. The Morgan fingerprint density at radius 1 is 1.10 bits per heavy atom. The monoisotopic (exact) mass is 396 g/mol. The third-order valence-corrected chi connectivity index (χ3v) is 5.43. The smallest absolute Gasteiger partial charge is 0.276 e. The van der Waals surface area contributed by atoms with E-state index in [9.17, 15) is 4.79 Å². The van der Waals surface area contributed by atoms with Gasteiger partial charge in [0.1, 0.15) is 5.82 Å². The summed E-state index contributed by atoms with van der Waals surface area (Å²) in [6.07, 6.45) is 2.40. The standard InChI is InChI=1S/C21H28N6O2/c1-26-10-12-27(13-11-26)17-6-4-16(5-7-17)23-21(28)19-8-9-20(25-24-19)22-15-18-3-2-14-29-18/h4-9,18H,2-3,10-15H2,1H3,(H,22,25)(H,23,28). The number of nitrogens with zero attached hydrogens (tertiary/aromatic N) is 4. The number of piperazine rings is 1. The highest BCUT2D eigenvalue weighted by Gasteiger charge is 2.16. The molecule has 0 spiro atoms. The highest BCUT2D eigenvalue weighted by molar-refractivity contribution is 6.02. The molecule has 0 saturated carbocycles. The number of hydrogen-bond donors (Lipinski definition) is 2. The van der Waals surface area contributed by atoms with Gasteiger partial charge in [-0.1, -0.05) is 0 Å². The minimum absolute atomic E-state index is 0.230. The zero-order valence-electron chi connectivity index (χ0n) is 16.8. The number of aromatic nitrogens is 2. The SMILES string of the molecule is CN1CCN(c2ccc(NC(=O)c3ccc(NCC4CCCO4)nn3)cc2)CC1. The third kappa shape index (κ3) is 5.21. The van der Waals surface area contributed by atoms with Gasteiger partial charge in [-0.05, 0) is 56.3 Å². The summed E-state index contributed by atoms with van der Waals surface area (Å²) in [7, 11) is 2.14. The predicted octanol–water partition coefficient (Wildman–Crippen LogP) is 2.07. The van der Waals surface area contributed by atoms with Crippen molar-refractivity contribution in [3.05, 3.63) is 42.1 Å². The van der Waals surface area contributed by atoms with Gasteiger partial charge < -0.3 is 25.2 Å². The van der Waals surface area contributed by atoms with E-state index in [-0.39, 0.29) is 17.7 Å². The molecule has 4 rings (SSSR count). The molecule has 154 valence electrons. The van der Waals surface area contributed by atoms with Gasteiger partial charge in [0.15, 0.2) is 5.69 Å². The van der Waals surface area contributed by atoms with Gasteiger partial charge in [0.25, 0.3) is 5.91 Å². The van der Waals surface area contributed by atoms with E-state index in [2.05, 4.69) is 37.7 Å². The van der Waals surface area contributed by atoms with Crippen molar-refractivity contribution in [3.8, 4) is 0 Å². The molecule has 0 aliphatic carbocycles. The van der Waals surface area contributed by atoms with Gasteiger partial charge in [-0.25, -0.2) is 0 Å². The highest BCUT2D eigenvalue weighted by atomic mass is 16.5. The zero-order chi connectivity index (χ0) is 20.1. The molecule has 2 aliphatic heterocycles. The van der Waals surface area contributed by atoms with Crippen LogP contribution in [0.2, 0.25) is 0 Å². The van der Waals surface area contributed by atoms with Gasteiger partial charge in [-0.15, -0.1) is 10.2 Å². The average Bonchev–Trinajstić information content (AvgIpc) is 3.27. The first kappa shape index (κ1) is 19.6. The van der Waals surface area contributed by atoms with Gasteiger partial charge >= 0.3 is 0 Å². The number of ether oxygens (including phenoxy) is 1. The Morgan fingerprint density at radius 2 is 1.90 bits per heavy atom. The van der Waals surface area contributed by atoms with Crippen molar-refractivity contribution in [2.24, 2.45) is 0 Å². The van der Waals surface area contributed by atoms with Crippen LogP contribution in [0.15, 0.2) is 36.4 Å². The Hall–Kier alpha value is -2.71. The van der Waals surface area contributed by atoms with Crippen LogP contribution in [0, 0.1) is 0 Å². The summed E-state index contributed by atoms with van der Waals surface area (Å²) < 4.78 is 5.57. The molecule has 29 heavy (non-hydrogen) atoms. The summed E-state index contributed by atoms with van der Waals surface area (Å²) >= 11 is 0. The molecule has 1 aromatic heterocycles. The summed E-state index contributed by atoms with van der Waals surface area (Å²) in [6, 6.07) is 11.4. The van der Waals surface area contributed by atoms with E-state index < -0.39 is 0 Å². The molecule has 2 aliphatic rings. The number of likely N-dealkylation sites (N-methyl/N-ethyl adjacent to an activating group) is 1. The summed E-state index contributed by atoms with van der Waals surface area (Å²) in [6.45, 7) is 5.70. The second kappa shape index (κ2) is 9.19. The number of anilines is 3. The Labute approximate surface area is 171 Å². The largest absolute Gasteiger partial charge is 0.376 e. The molecule has 1 aromatic carbocycles. The van der Waals surface area contributed by atoms with Crippen LogP contribution in [0.25, 0.3) is 0 Å². The molecular formula is C21H28N6O2. The van der Waals surface area contributed by atoms with Crippen LogP contribution in [-0.2, 0) is 4.74 Å². The molecule has 1 atom stereocenters. The second-order valence-electron chi connectivity index (χ2n) is 7.61. The lowest BCUT2D eigenvalue weighted by Crippen LogP contribution is -2.44. The molecule has 0 radical (unpaired) electrons. The topological polar surface area (TPSA) is 82.6 Å². The van der Waals surface area contributed by atoms with Gasteiger partial charge in [-0.3, -0.25) is 4.79 Å². The maximum Gasteiger partial charge on any atom is 0.276 e. The zero-order valence-corrected chi connectivity index (χ0v) is 16.8. The minimum atomic E-state index is -0.268. The fraction of sp³-hybridized carbons (Fsp3) is 0.476. The normalized spacial score (nSPS) is 19.9. The number of nitrogens with one attached hydrogen (secondary N) is 2. The van der Waals surface area contributed by atoms with E-state index in [1.165, 1.54) is 5.69 Å². The first-order valence-corrected chi connectivity index (χ1v) is 10.2. The Balaban J connectivity index is 1.29. The molecule has 8 heteroatoms. The van der Waals surface area contributed by atoms with Gasteiger partial charge in [0.05, 0.1) is 6.10 Å². The molecule has 2 saturated heterocycles. The quantitative estimate of drug-likeness (QED) is 0.773. The highest BCUT2D eigenvalue weighted by Crippen LogP contribution is 2.20. The van der Waals surface area contributed by atoms with Crippen LogP contribution >= 0.6 is 0 Å². The van der Waals surface area contributed by atoms with E-state index in [4.69, 9.17) is 4.74 Å². The minimum Gasteiger partial charge on any atom is -0.376 e. The number of carbonyl (C=O) groups is 1. The lowest BCUT2D eigenvalue weighted by Gasteiger charge is -2.34. The second-order valence-corrected chi connectivity index (χ2v) is 7.61. The molecule has 1 unspecified atom stereocenters. The molecule has 2 N–H and O–H groups in total. The number of carbonyl (C=O) groups excluding carboxylic acids is 1. The van der Waals surface area contributed by atoms with Gasteiger partial charge in [-0.2, -0.15) is 0 Å². The molecule has 2 aromatic rings. The van der Waals surface area contributed by atoms with Crippen molar-refractivity contribution in [3.63, 3.8) is 0 Å². The van der Waals surface area contributed by atoms with Crippen molar-refractivity contribution in [2.75, 3.05) is 61.9 Å². The van der Waals surface area contributed by atoms with E-state index in [1.54, 1.807) is 12.1 Å². The fourth-order valence-corrected chi connectivity index (χ4v) is 3.59. The summed E-state index contributed by atoms with van der Waals surface area (Å²) in [5.41, 5.74) is 2.21. The van der Waals surface area contributed by atoms with Crippen molar-refractivity contribution < 1.29 is 9.53 Å². The lowest BCUT2D eigenvalue weighted by molar-refractivity contribution is 0.102. The molecule has 0 bridgehead atoms. The van der Waals surface area contributed by atoms with Crippen LogP contribution in [0.5, 0.6) is 0 Å². The fourth-order valence-electron chi connectivity index (χ4n) is 3.59. The molecule has 3 heterocycles.